The molecule has 2 unspecified atom stereocenters. The van der Waals surface area contributed by atoms with Crippen molar-refractivity contribution in [3.05, 3.63) is 29.0 Å². The summed E-state index contributed by atoms with van der Waals surface area (Å²) in [7, 11) is 0. The first kappa shape index (κ1) is 15.1. The van der Waals surface area contributed by atoms with E-state index in [0.717, 1.165) is 0 Å². The Morgan fingerprint density at radius 2 is 2.15 bits per heavy atom. The molecule has 0 aliphatic heterocycles. The highest BCUT2D eigenvalue weighted by Crippen LogP contribution is 2.37. The second-order valence-corrected chi connectivity index (χ2v) is 5.37. The van der Waals surface area contributed by atoms with Crippen LogP contribution >= 0.6 is 11.6 Å². The predicted molar refractivity (Wildman–Crippen MR) is 68.5 cm³/mol. The number of rotatable bonds is 2. The molecular weight excluding hydrogens is 293 g/mol. The van der Waals surface area contributed by atoms with Gasteiger partial charge in [-0.05, 0) is 31.4 Å². The Kier molecular flexibility index (Phi) is 4.52. The van der Waals surface area contributed by atoms with E-state index in [-0.39, 0.29) is 18.5 Å². The smallest absolute Gasteiger partial charge is 0.348 e. The molecule has 0 aromatic carbocycles. The Hall–Kier alpha value is -1.30. The zero-order valence-corrected chi connectivity index (χ0v) is 11.3. The van der Waals surface area contributed by atoms with Crippen LogP contribution in [0.3, 0.4) is 0 Å². The highest BCUT2D eigenvalue weighted by molar-refractivity contribution is 6.30. The van der Waals surface area contributed by atoms with E-state index in [1.165, 1.54) is 18.3 Å². The van der Waals surface area contributed by atoms with Gasteiger partial charge in [0.2, 0.25) is 0 Å². The van der Waals surface area contributed by atoms with Gasteiger partial charge in [-0.3, -0.25) is 9.78 Å². The maximum absolute atomic E-state index is 12.7. The molecule has 0 bridgehead atoms. The second-order valence-electron chi connectivity index (χ2n) is 4.93. The standard InChI is InChI=1S/C13H14ClF3N2O/c14-9-4-5-18-11(7-9)12(20)19-10-3-1-2-8(6-10)13(15,16)17/h4-5,7-8,10H,1-3,6H2,(H,19,20). The van der Waals surface area contributed by atoms with E-state index < -0.39 is 24.0 Å². The quantitative estimate of drug-likeness (QED) is 0.907. The zero-order valence-electron chi connectivity index (χ0n) is 10.6. The molecule has 2 rings (SSSR count). The van der Waals surface area contributed by atoms with E-state index in [1.54, 1.807) is 0 Å². The minimum absolute atomic E-state index is 0.0736. The fourth-order valence-corrected chi connectivity index (χ4v) is 2.57. The number of amides is 1. The van der Waals surface area contributed by atoms with Crippen molar-refractivity contribution < 1.29 is 18.0 Å². The molecule has 1 heterocycles. The van der Waals surface area contributed by atoms with E-state index in [0.29, 0.717) is 17.9 Å². The summed E-state index contributed by atoms with van der Waals surface area (Å²) in [4.78, 5) is 15.8. The minimum atomic E-state index is -4.20. The van der Waals surface area contributed by atoms with E-state index in [2.05, 4.69) is 10.3 Å². The average molecular weight is 307 g/mol. The monoisotopic (exact) mass is 306 g/mol. The molecule has 0 radical (unpaired) electrons. The Morgan fingerprint density at radius 1 is 1.40 bits per heavy atom. The molecule has 20 heavy (non-hydrogen) atoms. The number of hydrogen-bond donors (Lipinski definition) is 1. The number of alkyl halides is 3. The lowest BCUT2D eigenvalue weighted by Crippen LogP contribution is -2.41. The summed E-state index contributed by atoms with van der Waals surface area (Å²) in [6, 6.07) is 2.45. The van der Waals surface area contributed by atoms with Crippen LogP contribution in [0, 0.1) is 5.92 Å². The lowest BCUT2D eigenvalue weighted by molar-refractivity contribution is -0.183. The zero-order chi connectivity index (χ0) is 14.8. The van der Waals surface area contributed by atoms with Gasteiger partial charge in [-0.15, -0.1) is 0 Å². The van der Waals surface area contributed by atoms with Gasteiger partial charge in [0.25, 0.3) is 5.91 Å². The molecule has 2 atom stereocenters. The van der Waals surface area contributed by atoms with Crippen LogP contribution in [0.2, 0.25) is 5.02 Å². The van der Waals surface area contributed by atoms with Crippen LogP contribution < -0.4 is 5.32 Å². The number of nitrogens with zero attached hydrogens (tertiary/aromatic N) is 1. The summed E-state index contributed by atoms with van der Waals surface area (Å²) in [5.74, 6) is -1.82. The van der Waals surface area contributed by atoms with Crippen molar-refractivity contribution in [2.75, 3.05) is 0 Å². The third kappa shape index (κ3) is 3.85. The minimum Gasteiger partial charge on any atom is -0.348 e. The third-order valence-corrected chi connectivity index (χ3v) is 3.66. The van der Waals surface area contributed by atoms with Gasteiger partial charge in [0.1, 0.15) is 5.69 Å². The summed E-state index contributed by atoms with van der Waals surface area (Å²) >= 11 is 5.75. The molecule has 3 nitrogen and oxygen atoms in total. The van der Waals surface area contributed by atoms with Gasteiger partial charge in [-0.1, -0.05) is 18.0 Å². The molecule has 1 fully saturated rings. The summed E-state index contributed by atoms with van der Waals surface area (Å²) < 4.78 is 38.1. The third-order valence-electron chi connectivity index (χ3n) is 3.43. The molecule has 1 aliphatic carbocycles. The first-order chi connectivity index (χ1) is 9.36. The molecule has 1 aromatic heterocycles. The number of hydrogen-bond acceptors (Lipinski definition) is 2. The van der Waals surface area contributed by atoms with Crippen LogP contribution in [0.15, 0.2) is 18.3 Å². The van der Waals surface area contributed by atoms with Crippen molar-refractivity contribution in [3.63, 3.8) is 0 Å². The first-order valence-corrected chi connectivity index (χ1v) is 6.73. The lowest BCUT2D eigenvalue weighted by Gasteiger charge is -2.30. The molecule has 7 heteroatoms. The van der Waals surface area contributed by atoms with Gasteiger partial charge >= 0.3 is 6.18 Å². The number of carbonyl (C=O) groups excluding carboxylic acids is 1. The maximum Gasteiger partial charge on any atom is 0.391 e. The van der Waals surface area contributed by atoms with Crippen molar-refractivity contribution in [3.8, 4) is 0 Å². The summed E-state index contributed by atoms with van der Waals surface area (Å²) in [6.07, 6.45) is -1.74. The van der Waals surface area contributed by atoms with Crippen LogP contribution in [0.25, 0.3) is 0 Å². The van der Waals surface area contributed by atoms with Crippen LogP contribution in [-0.4, -0.2) is 23.1 Å². The molecule has 1 aliphatic rings. The normalized spacial score (nSPS) is 23.4. The Morgan fingerprint density at radius 3 is 2.80 bits per heavy atom. The molecular formula is C13H14ClF3N2O. The largest absolute Gasteiger partial charge is 0.391 e. The molecule has 1 saturated carbocycles. The second kappa shape index (κ2) is 5.99. The Bertz CT molecular complexity index is 493. The maximum atomic E-state index is 12.7. The van der Waals surface area contributed by atoms with Gasteiger partial charge < -0.3 is 5.32 Å². The lowest BCUT2D eigenvalue weighted by atomic mass is 9.85. The fourth-order valence-electron chi connectivity index (χ4n) is 2.41. The SMILES string of the molecule is O=C(NC1CCCC(C(F)(F)F)C1)c1cc(Cl)ccn1. The van der Waals surface area contributed by atoms with Crippen LogP contribution in [0.4, 0.5) is 13.2 Å². The molecule has 110 valence electrons. The van der Waals surface area contributed by atoms with Crippen LogP contribution in [0.1, 0.15) is 36.2 Å². The fraction of sp³-hybridized carbons (Fsp3) is 0.538. The number of nitrogens with one attached hydrogen (secondary N) is 1. The van der Waals surface area contributed by atoms with E-state index in [9.17, 15) is 18.0 Å². The van der Waals surface area contributed by atoms with E-state index >= 15 is 0 Å². The van der Waals surface area contributed by atoms with Crippen molar-refractivity contribution >= 4 is 17.5 Å². The van der Waals surface area contributed by atoms with Crippen molar-refractivity contribution in [2.24, 2.45) is 5.92 Å². The van der Waals surface area contributed by atoms with Crippen LogP contribution in [-0.2, 0) is 0 Å². The number of halogens is 4. The van der Waals surface area contributed by atoms with Crippen molar-refractivity contribution in [2.45, 2.75) is 37.9 Å². The van der Waals surface area contributed by atoms with Gasteiger partial charge in [-0.2, -0.15) is 13.2 Å². The molecule has 1 amide bonds. The molecule has 0 saturated heterocycles. The van der Waals surface area contributed by atoms with Crippen LogP contribution in [0.5, 0.6) is 0 Å². The van der Waals surface area contributed by atoms with E-state index in [4.69, 9.17) is 11.6 Å². The summed E-state index contributed by atoms with van der Waals surface area (Å²) in [5, 5.41) is 2.97. The Balaban J connectivity index is 1.98. The van der Waals surface area contributed by atoms with E-state index in [1.807, 2.05) is 0 Å². The summed E-state index contributed by atoms with van der Waals surface area (Å²) in [6.45, 7) is 0. The summed E-state index contributed by atoms with van der Waals surface area (Å²) in [5.41, 5.74) is 0.117. The molecule has 1 N–H and O–H groups in total. The van der Waals surface area contributed by atoms with Crippen molar-refractivity contribution in [1.82, 2.24) is 10.3 Å². The highest BCUT2D eigenvalue weighted by atomic mass is 35.5. The van der Waals surface area contributed by atoms with Gasteiger partial charge in [0.05, 0.1) is 5.92 Å². The average Bonchev–Trinajstić information content (AvgIpc) is 2.38. The molecule has 1 aromatic rings. The highest BCUT2D eigenvalue weighted by Gasteiger charge is 2.42. The topological polar surface area (TPSA) is 42.0 Å². The van der Waals surface area contributed by atoms with Gasteiger partial charge in [0.15, 0.2) is 0 Å². The van der Waals surface area contributed by atoms with Gasteiger partial charge in [0, 0.05) is 17.3 Å². The number of aromatic nitrogens is 1. The van der Waals surface area contributed by atoms with Crippen molar-refractivity contribution in [1.29, 1.82) is 0 Å². The first-order valence-electron chi connectivity index (χ1n) is 6.35. The predicted octanol–water partition coefficient (Wildman–Crippen LogP) is 3.59. The van der Waals surface area contributed by atoms with Gasteiger partial charge in [-0.25, -0.2) is 0 Å². The number of carbonyl (C=O) groups is 1. The number of pyridine rings is 1. The molecule has 0 spiro atoms. The Labute approximate surface area is 119 Å².